The van der Waals surface area contributed by atoms with Gasteiger partial charge in [0.2, 0.25) is 0 Å². The van der Waals surface area contributed by atoms with E-state index >= 15 is 0 Å². The molecule has 2 rings (SSSR count). The maximum absolute atomic E-state index is 6.04. The highest BCUT2D eigenvalue weighted by atomic mass is 35.5. The summed E-state index contributed by atoms with van der Waals surface area (Å²) in [5, 5.41) is 5.09. The van der Waals surface area contributed by atoms with Gasteiger partial charge >= 0.3 is 0 Å². The van der Waals surface area contributed by atoms with Crippen LogP contribution in [-0.4, -0.2) is 9.78 Å². The maximum atomic E-state index is 6.04. The van der Waals surface area contributed by atoms with Crippen LogP contribution in [0.4, 0.5) is 0 Å². The number of hydrogen-bond acceptors (Lipinski definition) is 1. The lowest BCUT2D eigenvalue weighted by atomic mass is 10.0. The third kappa shape index (κ3) is 2.42. The summed E-state index contributed by atoms with van der Waals surface area (Å²) in [4.78, 5) is 0. The Morgan fingerprint density at radius 3 is 2.76 bits per heavy atom. The molecule has 0 aliphatic rings. The lowest BCUT2D eigenvalue weighted by Crippen LogP contribution is -2.01. The highest BCUT2D eigenvalue weighted by Gasteiger charge is 2.09. The fourth-order valence-electron chi connectivity index (χ4n) is 1.77. The van der Waals surface area contributed by atoms with Gasteiger partial charge in [0.05, 0.1) is 11.9 Å². The van der Waals surface area contributed by atoms with Crippen molar-refractivity contribution < 1.29 is 0 Å². The van der Waals surface area contributed by atoms with Gasteiger partial charge in [0, 0.05) is 16.8 Å². The summed E-state index contributed by atoms with van der Waals surface area (Å²) < 4.78 is 1.86. The van der Waals surface area contributed by atoms with Gasteiger partial charge in [0.15, 0.2) is 0 Å². The van der Waals surface area contributed by atoms with Crippen LogP contribution in [0.25, 0.3) is 11.8 Å². The Hall–Kier alpha value is -1.54. The third-order valence-corrected chi connectivity index (χ3v) is 2.93. The van der Waals surface area contributed by atoms with Crippen LogP contribution < -0.4 is 0 Å². The van der Waals surface area contributed by atoms with Crippen molar-refractivity contribution >= 4 is 17.7 Å². The topological polar surface area (TPSA) is 17.8 Å². The maximum Gasteiger partial charge on any atom is 0.0681 e. The molecule has 17 heavy (non-hydrogen) atoms. The minimum absolute atomic E-state index is 0.403. The Morgan fingerprint density at radius 2 is 2.18 bits per heavy atom. The molecule has 2 aromatic rings. The van der Waals surface area contributed by atoms with Crippen molar-refractivity contribution in [2.24, 2.45) is 0 Å². The summed E-state index contributed by atoms with van der Waals surface area (Å²) in [5.74, 6) is 0.403. The van der Waals surface area contributed by atoms with Crippen LogP contribution in [0.5, 0.6) is 0 Å². The van der Waals surface area contributed by atoms with Crippen LogP contribution >= 0.6 is 11.6 Å². The van der Waals surface area contributed by atoms with Crippen molar-refractivity contribution in [2.45, 2.75) is 19.8 Å². The second-order valence-corrected chi connectivity index (χ2v) is 4.72. The van der Waals surface area contributed by atoms with E-state index in [1.54, 1.807) is 12.3 Å². The Bertz CT molecular complexity index is 541. The Kier molecular flexibility index (Phi) is 3.34. The molecule has 0 saturated carbocycles. The SMILES string of the molecule is C=Cc1cnn(-c2ccc(Cl)cc2C(C)C)c1. The normalized spacial score (nSPS) is 10.8. The van der Waals surface area contributed by atoms with Crippen LogP contribution in [-0.2, 0) is 0 Å². The molecule has 0 atom stereocenters. The van der Waals surface area contributed by atoms with Gasteiger partial charge in [-0.3, -0.25) is 0 Å². The van der Waals surface area contributed by atoms with E-state index in [0.29, 0.717) is 5.92 Å². The molecule has 0 aliphatic carbocycles. The largest absolute Gasteiger partial charge is 0.240 e. The van der Waals surface area contributed by atoms with Crippen molar-refractivity contribution in [1.29, 1.82) is 0 Å². The monoisotopic (exact) mass is 246 g/mol. The standard InChI is InChI=1S/C14H15ClN2/c1-4-11-8-16-17(9-11)14-6-5-12(15)7-13(14)10(2)3/h4-10H,1H2,2-3H3. The van der Waals surface area contributed by atoms with Crippen LogP contribution in [0.1, 0.15) is 30.9 Å². The summed E-state index contributed by atoms with van der Waals surface area (Å²) in [6.07, 6.45) is 5.54. The molecule has 0 aliphatic heterocycles. The van der Waals surface area contributed by atoms with Crippen molar-refractivity contribution in [3.05, 3.63) is 53.3 Å². The second kappa shape index (κ2) is 4.76. The third-order valence-electron chi connectivity index (χ3n) is 2.70. The van der Waals surface area contributed by atoms with Crippen molar-refractivity contribution in [1.82, 2.24) is 9.78 Å². The average Bonchev–Trinajstić information content (AvgIpc) is 2.77. The summed E-state index contributed by atoms with van der Waals surface area (Å²) in [6.45, 7) is 8.03. The molecular weight excluding hydrogens is 232 g/mol. The molecule has 0 amide bonds. The molecule has 1 aromatic carbocycles. The van der Waals surface area contributed by atoms with Gasteiger partial charge in [-0.1, -0.05) is 38.1 Å². The quantitative estimate of drug-likeness (QED) is 0.790. The minimum Gasteiger partial charge on any atom is -0.240 e. The first-order chi connectivity index (χ1) is 8.11. The molecule has 1 aromatic heterocycles. The highest BCUT2D eigenvalue weighted by Crippen LogP contribution is 2.26. The van der Waals surface area contributed by atoms with Crippen molar-refractivity contribution in [3.63, 3.8) is 0 Å². The van der Waals surface area contributed by atoms with Crippen LogP contribution in [0.2, 0.25) is 5.02 Å². The summed E-state index contributed by atoms with van der Waals surface area (Å²) in [5.41, 5.74) is 3.27. The average molecular weight is 247 g/mol. The molecule has 2 nitrogen and oxygen atoms in total. The molecule has 0 unspecified atom stereocenters. The van der Waals surface area contributed by atoms with Crippen LogP contribution in [0.3, 0.4) is 0 Å². The molecule has 0 fully saturated rings. The summed E-state index contributed by atoms with van der Waals surface area (Å²) in [6, 6.07) is 5.88. The highest BCUT2D eigenvalue weighted by molar-refractivity contribution is 6.30. The van der Waals surface area contributed by atoms with Crippen LogP contribution in [0, 0.1) is 0 Å². The fraction of sp³-hybridized carbons (Fsp3) is 0.214. The summed E-state index contributed by atoms with van der Waals surface area (Å²) in [7, 11) is 0. The van der Waals surface area contributed by atoms with E-state index in [9.17, 15) is 0 Å². The number of aromatic nitrogens is 2. The molecule has 1 heterocycles. The Balaban J connectivity index is 2.54. The first-order valence-electron chi connectivity index (χ1n) is 5.58. The molecule has 3 heteroatoms. The number of benzene rings is 1. The molecule has 0 bridgehead atoms. The van der Waals surface area contributed by atoms with E-state index in [4.69, 9.17) is 11.6 Å². The zero-order valence-corrected chi connectivity index (χ0v) is 10.8. The van der Waals surface area contributed by atoms with Gasteiger partial charge in [-0.25, -0.2) is 4.68 Å². The van der Waals surface area contributed by atoms with E-state index in [1.165, 1.54) is 5.56 Å². The number of rotatable bonds is 3. The molecule has 0 saturated heterocycles. The minimum atomic E-state index is 0.403. The molecule has 0 spiro atoms. The number of halogens is 1. The lowest BCUT2D eigenvalue weighted by molar-refractivity contribution is 0.809. The zero-order valence-electron chi connectivity index (χ0n) is 10.0. The lowest BCUT2D eigenvalue weighted by Gasteiger charge is -2.13. The first-order valence-corrected chi connectivity index (χ1v) is 5.96. The van der Waals surface area contributed by atoms with Gasteiger partial charge < -0.3 is 0 Å². The van der Waals surface area contributed by atoms with Crippen molar-refractivity contribution in [3.8, 4) is 5.69 Å². The fourth-order valence-corrected chi connectivity index (χ4v) is 1.95. The van der Waals surface area contributed by atoms with Gasteiger partial charge in [0.25, 0.3) is 0 Å². The Morgan fingerprint density at radius 1 is 1.41 bits per heavy atom. The second-order valence-electron chi connectivity index (χ2n) is 4.28. The number of nitrogens with zero attached hydrogens (tertiary/aromatic N) is 2. The van der Waals surface area contributed by atoms with E-state index in [-0.39, 0.29) is 0 Å². The van der Waals surface area contributed by atoms with Crippen LogP contribution in [0.15, 0.2) is 37.2 Å². The smallest absolute Gasteiger partial charge is 0.0681 e. The van der Waals surface area contributed by atoms with E-state index in [2.05, 4.69) is 25.5 Å². The van der Waals surface area contributed by atoms with Gasteiger partial charge in [-0.2, -0.15) is 5.10 Å². The summed E-state index contributed by atoms with van der Waals surface area (Å²) >= 11 is 6.04. The van der Waals surface area contributed by atoms with Gasteiger partial charge in [-0.15, -0.1) is 0 Å². The molecule has 0 radical (unpaired) electrons. The van der Waals surface area contributed by atoms with Gasteiger partial charge in [0.1, 0.15) is 0 Å². The predicted octanol–water partition coefficient (Wildman–Crippen LogP) is 4.29. The molecular formula is C14H15ClN2. The van der Waals surface area contributed by atoms with Gasteiger partial charge in [-0.05, 0) is 29.7 Å². The zero-order chi connectivity index (χ0) is 12.4. The van der Waals surface area contributed by atoms with Crippen molar-refractivity contribution in [2.75, 3.05) is 0 Å². The van der Waals surface area contributed by atoms with E-state index < -0.39 is 0 Å². The Labute approximate surface area is 107 Å². The first kappa shape index (κ1) is 11.9. The molecule has 0 N–H and O–H groups in total. The predicted molar refractivity (Wildman–Crippen MR) is 72.8 cm³/mol. The van der Waals surface area contributed by atoms with E-state index in [1.807, 2.05) is 29.1 Å². The number of hydrogen-bond donors (Lipinski definition) is 0. The van der Waals surface area contributed by atoms with E-state index in [0.717, 1.165) is 16.3 Å². The molecule has 88 valence electrons.